The minimum absolute atomic E-state index is 0.143. The van der Waals surface area contributed by atoms with Crippen LogP contribution in [0, 0.1) is 0 Å². The highest BCUT2D eigenvalue weighted by atomic mass is 32.2. The van der Waals surface area contributed by atoms with Crippen LogP contribution < -0.4 is 10.1 Å². The number of ether oxygens (including phenoxy) is 2. The van der Waals surface area contributed by atoms with Crippen LogP contribution in [0.2, 0.25) is 0 Å². The predicted molar refractivity (Wildman–Crippen MR) is 123 cm³/mol. The summed E-state index contributed by atoms with van der Waals surface area (Å²) in [6, 6.07) is 13.3. The zero-order valence-electron chi connectivity index (χ0n) is 18.2. The van der Waals surface area contributed by atoms with Gasteiger partial charge in [0.1, 0.15) is 12.4 Å². The van der Waals surface area contributed by atoms with Crippen LogP contribution in [0.1, 0.15) is 48.9 Å². The van der Waals surface area contributed by atoms with Crippen LogP contribution in [0.5, 0.6) is 5.75 Å². The van der Waals surface area contributed by atoms with E-state index in [1.165, 1.54) is 0 Å². The molecule has 2 aromatic carbocycles. The molecular formula is C24H30N2O5S. The van der Waals surface area contributed by atoms with Crippen molar-refractivity contribution >= 4 is 21.6 Å². The van der Waals surface area contributed by atoms with Crippen molar-refractivity contribution in [3.63, 3.8) is 0 Å². The molecule has 2 aliphatic rings. The summed E-state index contributed by atoms with van der Waals surface area (Å²) in [7, 11) is -3.50. The third-order valence-electron chi connectivity index (χ3n) is 5.89. The molecule has 172 valence electrons. The Morgan fingerprint density at radius 1 is 0.969 bits per heavy atom. The monoisotopic (exact) mass is 458 g/mol. The standard InChI is InChI=1S/C24H30N2O5S/c27-24(19-7-11-21(12-8-19)31-18-22-6-5-17-30-22)25-20-9-13-23(14-10-20)32(28,29)26-15-3-1-2-4-16-26/h7-14,22H,1-6,15-18H2,(H,25,27). The number of rotatable bonds is 7. The van der Waals surface area contributed by atoms with Crippen molar-refractivity contribution in [2.45, 2.75) is 49.5 Å². The highest BCUT2D eigenvalue weighted by Crippen LogP contribution is 2.22. The van der Waals surface area contributed by atoms with Gasteiger partial charge >= 0.3 is 0 Å². The molecule has 4 rings (SSSR count). The number of nitrogens with one attached hydrogen (secondary N) is 1. The lowest BCUT2D eigenvalue weighted by Crippen LogP contribution is -2.31. The number of anilines is 1. The number of benzene rings is 2. The van der Waals surface area contributed by atoms with Crippen molar-refractivity contribution in [3.05, 3.63) is 54.1 Å². The number of sulfonamides is 1. The first-order valence-corrected chi connectivity index (χ1v) is 12.7. The van der Waals surface area contributed by atoms with Gasteiger partial charge in [-0.3, -0.25) is 4.79 Å². The molecule has 2 aliphatic heterocycles. The number of nitrogens with zero attached hydrogens (tertiary/aromatic N) is 1. The van der Waals surface area contributed by atoms with E-state index >= 15 is 0 Å². The summed E-state index contributed by atoms with van der Waals surface area (Å²) in [4.78, 5) is 12.8. The Kier molecular flexibility index (Phi) is 7.44. The number of carbonyl (C=O) groups is 1. The smallest absolute Gasteiger partial charge is 0.255 e. The van der Waals surface area contributed by atoms with Gasteiger partial charge in [-0.05, 0) is 74.2 Å². The van der Waals surface area contributed by atoms with Crippen LogP contribution in [-0.4, -0.2) is 51.0 Å². The Labute approximate surface area is 189 Å². The van der Waals surface area contributed by atoms with Crippen molar-refractivity contribution in [2.24, 2.45) is 0 Å². The van der Waals surface area contributed by atoms with E-state index in [1.54, 1.807) is 52.8 Å². The van der Waals surface area contributed by atoms with Crippen LogP contribution in [0.15, 0.2) is 53.4 Å². The van der Waals surface area contributed by atoms with E-state index in [4.69, 9.17) is 9.47 Å². The Balaban J connectivity index is 1.34. The topological polar surface area (TPSA) is 84.9 Å². The first kappa shape index (κ1) is 22.8. The molecule has 1 amide bonds. The van der Waals surface area contributed by atoms with Gasteiger partial charge in [-0.1, -0.05) is 12.8 Å². The van der Waals surface area contributed by atoms with Gasteiger partial charge in [-0.25, -0.2) is 8.42 Å². The lowest BCUT2D eigenvalue weighted by Gasteiger charge is -2.20. The van der Waals surface area contributed by atoms with Gasteiger partial charge in [0.2, 0.25) is 10.0 Å². The van der Waals surface area contributed by atoms with E-state index < -0.39 is 10.0 Å². The second-order valence-electron chi connectivity index (χ2n) is 8.27. The second-order valence-corrected chi connectivity index (χ2v) is 10.2. The van der Waals surface area contributed by atoms with Gasteiger partial charge in [0.25, 0.3) is 5.91 Å². The number of hydrogen-bond donors (Lipinski definition) is 1. The molecule has 0 aromatic heterocycles. The fourth-order valence-electron chi connectivity index (χ4n) is 4.01. The van der Waals surface area contributed by atoms with Crippen molar-refractivity contribution in [3.8, 4) is 5.75 Å². The molecule has 1 atom stereocenters. The van der Waals surface area contributed by atoms with Crippen molar-refractivity contribution in [1.82, 2.24) is 4.31 Å². The summed E-state index contributed by atoms with van der Waals surface area (Å²) in [6.07, 6.45) is 6.15. The van der Waals surface area contributed by atoms with Crippen molar-refractivity contribution < 1.29 is 22.7 Å². The summed E-state index contributed by atoms with van der Waals surface area (Å²) in [5.74, 6) is 0.430. The van der Waals surface area contributed by atoms with E-state index in [2.05, 4.69) is 5.32 Å². The Morgan fingerprint density at radius 2 is 1.66 bits per heavy atom. The van der Waals surface area contributed by atoms with Gasteiger partial charge in [0, 0.05) is 30.9 Å². The third kappa shape index (κ3) is 5.68. The summed E-state index contributed by atoms with van der Waals surface area (Å²) < 4.78 is 38.6. The van der Waals surface area contributed by atoms with Gasteiger partial charge in [-0.15, -0.1) is 0 Å². The van der Waals surface area contributed by atoms with Crippen molar-refractivity contribution in [2.75, 3.05) is 31.6 Å². The molecule has 7 nitrogen and oxygen atoms in total. The Morgan fingerprint density at radius 3 is 2.28 bits per heavy atom. The van der Waals surface area contributed by atoms with Crippen molar-refractivity contribution in [1.29, 1.82) is 0 Å². The fourth-order valence-corrected chi connectivity index (χ4v) is 5.53. The highest BCUT2D eigenvalue weighted by Gasteiger charge is 2.25. The Hall–Kier alpha value is -2.42. The van der Waals surface area contributed by atoms with E-state index in [0.717, 1.165) is 45.1 Å². The molecule has 1 N–H and O–H groups in total. The van der Waals surface area contributed by atoms with Gasteiger partial charge in [0.05, 0.1) is 11.0 Å². The zero-order valence-corrected chi connectivity index (χ0v) is 19.0. The average Bonchev–Trinajstić information content (AvgIpc) is 3.17. The van der Waals surface area contributed by atoms with Gasteiger partial charge < -0.3 is 14.8 Å². The maximum Gasteiger partial charge on any atom is 0.255 e. The number of hydrogen-bond acceptors (Lipinski definition) is 5. The van der Waals surface area contributed by atoms with Crippen LogP contribution in [0.4, 0.5) is 5.69 Å². The minimum atomic E-state index is -3.50. The molecule has 0 aliphatic carbocycles. The molecule has 2 fully saturated rings. The zero-order chi connectivity index (χ0) is 22.4. The quantitative estimate of drug-likeness (QED) is 0.676. The summed E-state index contributed by atoms with van der Waals surface area (Å²) in [5.41, 5.74) is 1.04. The van der Waals surface area contributed by atoms with E-state index in [-0.39, 0.29) is 16.9 Å². The SMILES string of the molecule is O=C(Nc1ccc(S(=O)(=O)N2CCCCCC2)cc1)c1ccc(OCC2CCCO2)cc1. The third-order valence-corrected chi connectivity index (χ3v) is 7.80. The molecule has 1 unspecified atom stereocenters. The lowest BCUT2D eigenvalue weighted by molar-refractivity contribution is 0.0679. The molecule has 0 spiro atoms. The van der Waals surface area contributed by atoms with Crippen LogP contribution in [0.25, 0.3) is 0 Å². The summed E-state index contributed by atoms with van der Waals surface area (Å²) in [5, 5.41) is 2.81. The van der Waals surface area contributed by atoms with E-state index in [1.807, 2.05) is 0 Å². The summed E-state index contributed by atoms with van der Waals surface area (Å²) in [6.45, 7) is 2.43. The number of carbonyl (C=O) groups excluding carboxylic acids is 1. The molecule has 0 bridgehead atoms. The van der Waals surface area contributed by atoms with E-state index in [9.17, 15) is 13.2 Å². The normalized spacial score (nSPS) is 19.9. The molecular weight excluding hydrogens is 428 g/mol. The fraction of sp³-hybridized carbons (Fsp3) is 0.458. The molecule has 32 heavy (non-hydrogen) atoms. The molecule has 2 saturated heterocycles. The van der Waals surface area contributed by atoms with Crippen LogP contribution in [0.3, 0.4) is 0 Å². The minimum Gasteiger partial charge on any atom is -0.491 e. The molecule has 0 saturated carbocycles. The van der Waals surface area contributed by atoms with Gasteiger partial charge in [0.15, 0.2) is 0 Å². The first-order valence-electron chi connectivity index (χ1n) is 11.3. The lowest BCUT2D eigenvalue weighted by atomic mass is 10.2. The Bertz CT molecular complexity index is 992. The molecule has 2 aromatic rings. The molecule has 8 heteroatoms. The molecule has 2 heterocycles. The second kappa shape index (κ2) is 10.5. The first-order chi connectivity index (χ1) is 15.5. The summed E-state index contributed by atoms with van der Waals surface area (Å²) >= 11 is 0. The van der Waals surface area contributed by atoms with Gasteiger partial charge in [-0.2, -0.15) is 4.31 Å². The maximum atomic E-state index is 12.9. The number of amides is 1. The van der Waals surface area contributed by atoms with Crippen LogP contribution in [-0.2, 0) is 14.8 Å². The van der Waals surface area contributed by atoms with Crippen LogP contribution >= 0.6 is 0 Å². The highest BCUT2D eigenvalue weighted by molar-refractivity contribution is 7.89. The molecule has 0 radical (unpaired) electrons. The predicted octanol–water partition coefficient (Wildman–Crippen LogP) is 4.06. The maximum absolute atomic E-state index is 12.9. The van der Waals surface area contributed by atoms with E-state index in [0.29, 0.717) is 36.7 Å². The largest absolute Gasteiger partial charge is 0.491 e. The average molecular weight is 459 g/mol.